The van der Waals surface area contributed by atoms with Crippen molar-refractivity contribution in [2.45, 2.75) is 26.3 Å². The third-order valence-corrected chi connectivity index (χ3v) is 5.48. The van der Waals surface area contributed by atoms with E-state index in [0.717, 1.165) is 6.54 Å². The van der Waals surface area contributed by atoms with Gasteiger partial charge in [-0.25, -0.2) is 4.39 Å². The molecule has 3 rings (SSSR count). The summed E-state index contributed by atoms with van der Waals surface area (Å²) in [5.41, 5.74) is 2.26. The molecule has 2 heterocycles. The summed E-state index contributed by atoms with van der Waals surface area (Å²) in [6, 6.07) is 4.88. The second kappa shape index (κ2) is 8.39. The van der Waals surface area contributed by atoms with Crippen molar-refractivity contribution in [1.82, 2.24) is 19.6 Å². The van der Waals surface area contributed by atoms with E-state index < -0.39 is 23.5 Å². The lowest BCUT2D eigenvalue weighted by Gasteiger charge is -2.26. The molecule has 1 atom stereocenters. The van der Waals surface area contributed by atoms with Gasteiger partial charge in [0.05, 0.1) is 22.9 Å². The molecule has 1 aromatic carbocycles. The lowest BCUT2D eigenvalue weighted by molar-refractivity contribution is -0.139. The minimum atomic E-state index is -0.785. The van der Waals surface area contributed by atoms with E-state index in [-0.39, 0.29) is 11.3 Å². The number of carbonyl (C=O) groups excluding carboxylic acids is 2. The van der Waals surface area contributed by atoms with Gasteiger partial charge in [-0.15, -0.1) is 0 Å². The maximum atomic E-state index is 13.5. The Balaban J connectivity index is 2.14. The van der Waals surface area contributed by atoms with Crippen LogP contribution in [0.3, 0.4) is 0 Å². The van der Waals surface area contributed by atoms with Crippen molar-refractivity contribution in [2.75, 3.05) is 27.2 Å². The first-order chi connectivity index (χ1) is 14.1. The number of hydrogen-bond acceptors (Lipinski definition) is 5. The zero-order chi connectivity index (χ0) is 22.2. The minimum Gasteiger partial charge on any atom is -0.507 e. The van der Waals surface area contributed by atoms with Gasteiger partial charge in [0.25, 0.3) is 11.7 Å². The van der Waals surface area contributed by atoms with E-state index in [2.05, 4.69) is 5.10 Å². The summed E-state index contributed by atoms with van der Waals surface area (Å²) in [5, 5.41) is 15.4. The van der Waals surface area contributed by atoms with Crippen LogP contribution in [0, 0.1) is 19.7 Å². The number of ketones is 1. The summed E-state index contributed by atoms with van der Waals surface area (Å²) in [4.78, 5) is 29.3. The fourth-order valence-electron chi connectivity index (χ4n) is 3.91. The smallest absolute Gasteiger partial charge is 0.295 e. The average Bonchev–Trinajstić information content (AvgIpc) is 3.08. The highest BCUT2D eigenvalue weighted by molar-refractivity contribution is 6.46. The van der Waals surface area contributed by atoms with Crippen LogP contribution in [-0.2, 0) is 16.6 Å². The van der Waals surface area contributed by atoms with E-state index in [0.29, 0.717) is 35.5 Å². The van der Waals surface area contributed by atoms with Gasteiger partial charge in [-0.3, -0.25) is 14.3 Å². The van der Waals surface area contributed by atoms with Crippen LogP contribution in [0.15, 0.2) is 29.8 Å². The number of aryl methyl sites for hydroxylation is 2. The minimum absolute atomic E-state index is 0.00987. The molecule has 7 nitrogen and oxygen atoms in total. The first kappa shape index (κ1) is 21.7. The highest BCUT2D eigenvalue weighted by Gasteiger charge is 2.46. The highest BCUT2D eigenvalue weighted by atomic mass is 19.1. The first-order valence-corrected chi connectivity index (χ1v) is 9.82. The van der Waals surface area contributed by atoms with Gasteiger partial charge < -0.3 is 14.9 Å². The van der Waals surface area contributed by atoms with Crippen molar-refractivity contribution in [1.29, 1.82) is 0 Å². The number of halogens is 1. The van der Waals surface area contributed by atoms with E-state index in [1.54, 1.807) is 37.7 Å². The van der Waals surface area contributed by atoms with Crippen molar-refractivity contribution in [2.24, 2.45) is 7.05 Å². The molecule has 2 aromatic rings. The molecule has 1 aliphatic rings. The van der Waals surface area contributed by atoms with Gasteiger partial charge in [0, 0.05) is 19.3 Å². The number of benzene rings is 1. The molecule has 1 aromatic heterocycles. The molecule has 1 saturated heterocycles. The molecule has 30 heavy (non-hydrogen) atoms. The monoisotopic (exact) mass is 414 g/mol. The number of aliphatic hydroxyl groups excluding tert-OH is 1. The van der Waals surface area contributed by atoms with Crippen molar-refractivity contribution in [3.8, 4) is 0 Å². The van der Waals surface area contributed by atoms with Crippen molar-refractivity contribution in [3.63, 3.8) is 0 Å². The van der Waals surface area contributed by atoms with Gasteiger partial charge in [0.1, 0.15) is 11.6 Å². The van der Waals surface area contributed by atoms with Gasteiger partial charge in [0.15, 0.2) is 0 Å². The average molecular weight is 414 g/mol. The highest BCUT2D eigenvalue weighted by Crippen LogP contribution is 2.40. The number of carbonyl (C=O) groups is 2. The molecule has 0 saturated carbocycles. The normalized spacial score (nSPS) is 18.6. The molecule has 1 N–H and O–H groups in total. The van der Waals surface area contributed by atoms with Crippen LogP contribution in [0.4, 0.5) is 4.39 Å². The quantitative estimate of drug-likeness (QED) is 0.447. The molecule has 0 radical (unpaired) electrons. The number of nitrogens with zero attached hydrogens (tertiary/aromatic N) is 4. The Morgan fingerprint density at radius 3 is 2.37 bits per heavy atom. The Labute approximate surface area is 175 Å². The van der Waals surface area contributed by atoms with Crippen LogP contribution in [0.5, 0.6) is 0 Å². The van der Waals surface area contributed by atoms with Crippen LogP contribution in [0.25, 0.3) is 5.76 Å². The van der Waals surface area contributed by atoms with Crippen molar-refractivity contribution >= 4 is 17.4 Å². The summed E-state index contributed by atoms with van der Waals surface area (Å²) in [6.45, 7) is 4.60. The summed E-state index contributed by atoms with van der Waals surface area (Å²) >= 11 is 0. The van der Waals surface area contributed by atoms with Crippen LogP contribution in [0.2, 0.25) is 0 Å². The predicted molar refractivity (Wildman–Crippen MR) is 111 cm³/mol. The predicted octanol–water partition coefficient (Wildman–Crippen LogP) is 2.55. The number of hydrogen-bond donors (Lipinski definition) is 1. The van der Waals surface area contributed by atoms with E-state index in [1.807, 2.05) is 19.0 Å². The van der Waals surface area contributed by atoms with Gasteiger partial charge in [-0.05, 0) is 58.6 Å². The Morgan fingerprint density at radius 2 is 1.83 bits per heavy atom. The van der Waals surface area contributed by atoms with Crippen molar-refractivity contribution < 1.29 is 19.1 Å². The van der Waals surface area contributed by atoms with Crippen LogP contribution < -0.4 is 0 Å². The summed E-state index contributed by atoms with van der Waals surface area (Å²) in [6.07, 6.45) is 0.655. The van der Waals surface area contributed by atoms with Crippen LogP contribution in [-0.4, -0.2) is 63.6 Å². The lowest BCUT2D eigenvalue weighted by atomic mass is 9.94. The Hall–Kier alpha value is -3.00. The summed E-state index contributed by atoms with van der Waals surface area (Å²) < 4.78 is 15.1. The van der Waals surface area contributed by atoms with Crippen LogP contribution in [0.1, 0.15) is 35.0 Å². The number of Topliss-reactive ketones (excluding diaryl/α,β-unsaturated/α-hetero) is 1. The van der Waals surface area contributed by atoms with Gasteiger partial charge in [-0.1, -0.05) is 12.1 Å². The molecule has 0 aliphatic carbocycles. The third kappa shape index (κ3) is 3.87. The molecule has 0 spiro atoms. The molecule has 0 bridgehead atoms. The number of rotatable bonds is 6. The van der Waals surface area contributed by atoms with Gasteiger partial charge >= 0.3 is 0 Å². The third-order valence-electron chi connectivity index (χ3n) is 5.48. The maximum Gasteiger partial charge on any atom is 0.295 e. The molecule has 160 valence electrons. The standard InChI is InChI=1S/C22H27FN4O3/c1-13-17(14(2)26(5)24-13)20(28)18-19(15-7-9-16(23)10-8-15)27(22(30)21(18)29)12-6-11-25(3)4/h7-10,19,28H,6,11-12H2,1-5H3/b20-18+. The van der Waals surface area contributed by atoms with Crippen molar-refractivity contribution in [3.05, 3.63) is 58.2 Å². The Bertz CT molecular complexity index is 1010. The molecule has 1 unspecified atom stereocenters. The van der Waals surface area contributed by atoms with Gasteiger partial charge in [-0.2, -0.15) is 5.10 Å². The fraction of sp³-hybridized carbons (Fsp3) is 0.409. The number of aromatic nitrogens is 2. The van der Waals surface area contributed by atoms with E-state index in [1.165, 1.54) is 17.0 Å². The van der Waals surface area contributed by atoms with Crippen LogP contribution >= 0.6 is 0 Å². The van der Waals surface area contributed by atoms with E-state index in [4.69, 9.17) is 0 Å². The second-order valence-electron chi connectivity index (χ2n) is 7.87. The second-order valence-corrected chi connectivity index (χ2v) is 7.87. The molecule has 8 heteroatoms. The molecule has 1 aliphatic heterocycles. The lowest BCUT2D eigenvalue weighted by Crippen LogP contribution is -2.32. The van der Waals surface area contributed by atoms with E-state index >= 15 is 0 Å². The number of amides is 1. The molecular formula is C22H27FN4O3. The zero-order valence-corrected chi connectivity index (χ0v) is 17.9. The first-order valence-electron chi connectivity index (χ1n) is 9.82. The Morgan fingerprint density at radius 1 is 1.20 bits per heavy atom. The van der Waals surface area contributed by atoms with E-state index in [9.17, 15) is 19.1 Å². The number of likely N-dealkylation sites (tertiary alicyclic amines) is 1. The largest absolute Gasteiger partial charge is 0.507 e. The summed E-state index contributed by atoms with van der Waals surface area (Å²) in [7, 11) is 5.61. The SMILES string of the molecule is Cc1nn(C)c(C)c1/C(O)=C1\C(=O)C(=O)N(CCCN(C)C)C1c1ccc(F)cc1. The fourth-order valence-corrected chi connectivity index (χ4v) is 3.91. The number of aliphatic hydroxyl groups is 1. The molecule has 1 fully saturated rings. The summed E-state index contributed by atoms with van der Waals surface area (Å²) in [5.74, 6) is -2.07. The van der Waals surface area contributed by atoms with Gasteiger partial charge in [0.2, 0.25) is 0 Å². The zero-order valence-electron chi connectivity index (χ0n) is 17.9. The molecular weight excluding hydrogens is 387 g/mol. The molecule has 1 amide bonds. The Kier molecular flexibility index (Phi) is 6.07. The maximum absolute atomic E-state index is 13.5. The topological polar surface area (TPSA) is 78.7 Å².